The zero-order valence-corrected chi connectivity index (χ0v) is 74.5. The third-order valence-electron chi connectivity index (χ3n) is 18.9. The first-order valence-corrected chi connectivity index (χ1v) is 42.7. The first kappa shape index (κ1) is 115. The SMILES string of the molecule is CC(=O)N[C@@H](CC(C)C)C(=O)NCC(=O)N[C@@H](CCC(N)=O)C(=O)N[C@@H](CC(C)C)C(=O)N[C@@H](CCC(N)=O)C(=O)N1CCC[C@H]1C(=O)N[C@@H](CO)C(=O)N[C@@H](CC(C)C)C(=O)N[C@@H](CCC(N)=O)C(=O)N[C@H](C(=O)NCC(=O)N[C@@H](CO)C(=O)N[C@@H](CCC(=O)O)C(=O)N[C@@H](CCC(=O)O)C(=O)N[C@@H](CC(C)C)C(=O)NCC(=O)N[C@@H](CSCC(N)=O)C(N)=O)[C@@H](C)O. The van der Waals surface area contributed by atoms with Crippen molar-refractivity contribution in [3.05, 3.63) is 0 Å². The lowest BCUT2D eigenvalue weighted by Crippen LogP contribution is -2.61. The van der Waals surface area contributed by atoms with Crippen LogP contribution in [0.15, 0.2) is 0 Å². The molecule has 15 atom stereocenters. The van der Waals surface area contributed by atoms with Crippen LogP contribution in [-0.4, -0.2) is 314 Å². The number of carboxylic acids is 2. The lowest BCUT2D eigenvalue weighted by molar-refractivity contribution is -0.143. The first-order valence-electron chi connectivity index (χ1n) is 41.6. The number of primary amides is 5. The quantitative estimate of drug-likeness (QED) is 0.0269. The van der Waals surface area contributed by atoms with Gasteiger partial charge in [0.15, 0.2) is 0 Å². The topological polar surface area (TPSA) is 837 Å². The van der Waals surface area contributed by atoms with E-state index in [9.17, 15) is 141 Å². The van der Waals surface area contributed by atoms with Gasteiger partial charge in [-0.1, -0.05) is 55.4 Å². The van der Waals surface area contributed by atoms with Gasteiger partial charge in [0.05, 0.1) is 44.7 Å². The first-order chi connectivity index (χ1) is 60.2. The van der Waals surface area contributed by atoms with Gasteiger partial charge in [-0.15, -0.1) is 11.8 Å². The van der Waals surface area contributed by atoms with Crippen molar-refractivity contribution >= 4 is 154 Å². The number of likely N-dealkylation sites (tertiary alicyclic amines) is 1. The Kier molecular flexibility index (Phi) is 52.2. The van der Waals surface area contributed by atoms with Crippen LogP contribution < -0.4 is 114 Å². The molecule has 0 aromatic heterocycles. The number of amides is 22. The van der Waals surface area contributed by atoms with Gasteiger partial charge >= 0.3 is 11.9 Å². The van der Waals surface area contributed by atoms with E-state index in [2.05, 4.69) is 79.8 Å². The molecule has 51 nitrogen and oxygen atoms in total. The third kappa shape index (κ3) is 46.2. The second kappa shape index (κ2) is 58.8. The Hall–Kier alpha value is -12.5. The largest absolute Gasteiger partial charge is 0.481 e. The smallest absolute Gasteiger partial charge is 0.303 e. The van der Waals surface area contributed by atoms with Crippen LogP contribution in [0.1, 0.15) is 172 Å². The third-order valence-corrected chi connectivity index (χ3v) is 20.0. The van der Waals surface area contributed by atoms with E-state index in [1.807, 2.05) is 5.32 Å². The number of aliphatic hydroxyl groups is 3. The van der Waals surface area contributed by atoms with E-state index in [1.165, 1.54) is 6.92 Å². The van der Waals surface area contributed by atoms with Crippen LogP contribution in [0.4, 0.5) is 0 Å². The summed E-state index contributed by atoms with van der Waals surface area (Å²) in [4.78, 5) is 316. The molecule has 0 saturated carbocycles. The number of aliphatic carboxylic acids is 2. The van der Waals surface area contributed by atoms with Crippen molar-refractivity contribution < 1.29 is 141 Å². The molecule has 1 rings (SSSR count). The highest BCUT2D eigenvalue weighted by molar-refractivity contribution is 8.00. The van der Waals surface area contributed by atoms with Crippen LogP contribution >= 0.6 is 11.8 Å². The van der Waals surface area contributed by atoms with E-state index in [1.54, 1.807) is 55.4 Å². The zero-order valence-electron chi connectivity index (χ0n) is 73.7. The molecular formula is C77H128N22O29S. The molecule has 129 heavy (non-hydrogen) atoms. The normalized spacial score (nSPS) is 15.5. The predicted octanol–water partition coefficient (Wildman–Crippen LogP) is -11.6. The summed E-state index contributed by atoms with van der Waals surface area (Å²) >= 11 is 0.879. The Labute approximate surface area is 747 Å². The van der Waals surface area contributed by atoms with Crippen LogP contribution in [0, 0.1) is 23.7 Å². The summed E-state index contributed by atoms with van der Waals surface area (Å²) in [5.74, 6) is -27.4. The van der Waals surface area contributed by atoms with Gasteiger partial charge in [-0.05, 0) is 101 Å². The number of carbonyl (C=O) groups is 24. The summed E-state index contributed by atoms with van der Waals surface area (Å²) in [6.07, 6.45) is -8.26. The Morgan fingerprint density at radius 1 is 0.357 bits per heavy atom. The maximum absolute atomic E-state index is 14.6. The minimum atomic E-state index is -2.03. The van der Waals surface area contributed by atoms with E-state index in [-0.39, 0.29) is 74.3 Å². The molecule has 31 N–H and O–H groups in total. The molecule has 22 amide bonds. The van der Waals surface area contributed by atoms with Gasteiger partial charge in [0.25, 0.3) is 0 Å². The molecule has 0 aromatic rings. The van der Waals surface area contributed by atoms with Gasteiger partial charge in [-0.3, -0.25) is 115 Å². The van der Waals surface area contributed by atoms with Gasteiger partial charge < -0.3 is 144 Å². The number of nitrogens with zero attached hydrogens (tertiary/aromatic N) is 1. The van der Waals surface area contributed by atoms with Gasteiger partial charge in [0.1, 0.15) is 84.6 Å². The average Bonchev–Trinajstić information content (AvgIpc) is 1.66. The molecule has 52 heteroatoms. The second-order valence-electron chi connectivity index (χ2n) is 32.3. The minimum Gasteiger partial charge on any atom is -0.481 e. The van der Waals surface area contributed by atoms with Crippen molar-refractivity contribution in [2.75, 3.05) is 50.9 Å². The fourth-order valence-electron chi connectivity index (χ4n) is 12.6. The van der Waals surface area contributed by atoms with Crippen LogP contribution in [0.3, 0.4) is 0 Å². The molecule has 0 unspecified atom stereocenters. The molecule has 1 saturated heterocycles. The fourth-order valence-corrected chi connectivity index (χ4v) is 13.4. The maximum atomic E-state index is 14.6. The number of nitrogens with two attached hydrogens (primary N) is 5. The van der Waals surface area contributed by atoms with Gasteiger partial charge in [-0.25, -0.2) is 0 Å². The Bertz CT molecular complexity index is 3970. The Morgan fingerprint density at radius 3 is 1.01 bits per heavy atom. The monoisotopic (exact) mass is 1860 g/mol. The summed E-state index contributed by atoms with van der Waals surface area (Å²) < 4.78 is 0. The summed E-state index contributed by atoms with van der Waals surface area (Å²) in [7, 11) is 0. The second-order valence-corrected chi connectivity index (χ2v) is 33.3. The van der Waals surface area contributed by atoms with Crippen molar-refractivity contribution in [1.29, 1.82) is 0 Å². The number of hydrogen-bond acceptors (Lipinski definition) is 28. The number of nitrogens with one attached hydrogen (secondary N) is 16. The molecule has 1 aliphatic rings. The van der Waals surface area contributed by atoms with Gasteiger partial charge in [0, 0.05) is 51.3 Å². The number of carbonyl (C=O) groups excluding carboxylic acids is 22. The molecule has 0 aromatic carbocycles. The Morgan fingerprint density at radius 2 is 0.659 bits per heavy atom. The van der Waals surface area contributed by atoms with Crippen molar-refractivity contribution in [1.82, 2.24) is 90.0 Å². The van der Waals surface area contributed by atoms with Crippen LogP contribution in [0.25, 0.3) is 0 Å². The molecule has 1 heterocycles. The number of aliphatic hydroxyl groups excluding tert-OH is 3. The Balaban J connectivity index is 3.43. The molecule has 0 aliphatic carbocycles. The van der Waals surface area contributed by atoms with E-state index in [0.29, 0.717) is 0 Å². The molecule has 1 fully saturated rings. The minimum absolute atomic E-state index is 0.0547. The maximum Gasteiger partial charge on any atom is 0.303 e. The highest BCUT2D eigenvalue weighted by Gasteiger charge is 2.42. The van der Waals surface area contributed by atoms with Crippen LogP contribution in [0.5, 0.6) is 0 Å². The molecule has 0 spiro atoms. The van der Waals surface area contributed by atoms with E-state index in [4.69, 9.17) is 28.7 Å². The van der Waals surface area contributed by atoms with E-state index >= 15 is 0 Å². The van der Waals surface area contributed by atoms with Crippen molar-refractivity contribution in [2.24, 2.45) is 52.3 Å². The molecular weight excluding hydrogens is 1730 g/mol. The predicted molar refractivity (Wildman–Crippen MR) is 453 cm³/mol. The molecule has 1 aliphatic heterocycles. The number of rotatable bonds is 63. The zero-order chi connectivity index (χ0) is 98.4. The summed E-state index contributed by atoms with van der Waals surface area (Å²) in [5.41, 5.74) is 26.7. The highest BCUT2D eigenvalue weighted by Crippen LogP contribution is 2.22. The molecule has 0 bridgehead atoms. The summed E-state index contributed by atoms with van der Waals surface area (Å²) in [6.45, 7) is 10.4. The van der Waals surface area contributed by atoms with Crippen molar-refractivity contribution in [3.63, 3.8) is 0 Å². The molecule has 0 radical (unpaired) electrons. The van der Waals surface area contributed by atoms with Crippen LogP contribution in [0.2, 0.25) is 0 Å². The highest BCUT2D eigenvalue weighted by atomic mass is 32.2. The number of carboxylic acid groups (broad SMARTS) is 2. The van der Waals surface area contributed by atoms with E-state index in [0.717, 1.165) is 23.6 Å². The summed E-state index contributed by atoms with van der Waals surface area (Å²) in [5, 5.41) is 87.7. The van der Waals surface area contributed by atoms with Crippen molar-refractivity contribution in [2.45, 2.75) is 263 Å². The van der Waals surface area contributed by atoms with Crippen molar-refractivity contribution in [3.8, 4) is 0 Å². The molecule has 726 valence electrons. The number of hydrogen-bond donors (Lipinski definition) is 26. The van der Waals surface area contributed by atoms with Gasteiger partial charge in [0.2, 0.25) is 130 Å². The van der Waals surface area contributed by atoms with Crippen LogP contribution in [-0.2, 0) is 115 Å². The lowest BCUT2D eigenvalue weighted by Gasteiger charge is -2.31. The fraction of sp³-hybridized carbons (Fsp3) is 0.688. The lowest BCUT2D eigenvalue weighted by atomic mass is 10.0. The standard InChI is InChI=1S/C77H128N22O29S/c1-35(2)24-46(86-40(10)103)65(116)83-28-58(108)87-41(13-18-54(78)104)67(118)95-49(27-38(7)8)72(123)93-45(15-20-56(80)106)77(128)99-23-11-12-53(99)75(126)97-51(32-101)74(125)96-48(26-37(5)6)71(122)91-42(14-19-55(79)105)70(121)98-63(39(9)102)76(127)85-30-59(109)88-50(31-100)73(124)92-43(16-21-61(111)112)68(119)90-44(17-22-62(113)114)69(120)94-47(25-36(3)4)66(117)84-29-60(110)89-52(64(82)115)33-129-34-57(81)107/h35-39,41-53,63,100-102H,11-34H2,1-10H3,(H2,78,104)(H2,79,105)(H2,80,106)(H2,81,107)(H2,82,115)(H,83,116)(H,84,117)(H,85,127)(H,86,103)(H,87,108)(H,88,109)(H,89,110)(H,90,119)(H,91,122)(H,92,124)(H,93,123)(H,94,120)(H,95,118)(H,96,125)(H,97,126)(H,98,121)(H,111,112)(H,113,114)/t39-,41+,42+,43+,44+,45+,46+,47+,48+,49+,50+,51+,52+,53+,63+/m1/s1. The summed E-state index contributed by atoms with van der Waals surface area (Å²) in [6, 6.07) is -23.2. The van der Waals surface area contributed by atoms with Gasteiger partial charge in [-0.2, -0.15) is 0 Å². The van der Waals surface area contributed by atoms with E-state index < -0.39 is 336 Å². The average molecular weight is 1860 g/mol. The number of thioether (sulfide) groups is 1.